The number of carbonyl (C=O) groups is 2. The van der Waals surface area contributed by atoms with Crippen LogP contribution in [0.25, 0.3) is 11.0 Å². The number of pyridine rings is 1. The van der Waals surface area contributed by atoms with Crippen LogP contribution in [0.1, 0.15) is 31.8 Å². The Hall–Kier alpha value is -4.00. The molecule has 7 nitrogen and oxygen atoms in total. The molecule has 0 atom stereocenters. The Bertz CT molecular complexity index is 1280. The van der Waals surface area contributed by atoms with Gasteiger partial charge in [0.25, 0.3) is 11.8 Å². The molecular formula is C24H20N4O3. The van der Waals surface area contributed by atoms with Crippen molar-refractivity contribution in [1.82, 2.24) is 19.7 Å². The van der Waals surface area contributed by atoms with Gasteiger partial charge in [-0.3, -0.25) is 14.5 Å². The number of hydrogen-bond donors (Lipinski definition) is 0. The highest BCUT2D eigenvalue weighted by Gasteiger charge is 2.37. The third-order valence-electron chi connectivity index (χ3n) is 5.56. The zero-order valence-corrected chi connectivity index (χ0v) is 17.0. The summed E-state index contributed by atoms with van der Waals surface area (Å²) >= 11 is 0. The van der Waals surface area contributed by atoms with Crippen LogP contribution >= 0.6 is 0 Å². The number of nitrogens with zero attached hydrogens (tertiary/aromatic N) is 4. The van der Waals surface area contributed by atoms with Gasteiger partial charge in [0.05, 0.1) is 36.4 Å². The first-order chi connectivity index (χ1) is 15.2. The Kier molecular flexibility index (Phi) is 4.71. The first-order valence-electron chi connectivity index (χ1n) is 10.0. The number of carbonyl (C=O) groups excluding carboxylic acids is 2. The lowest BCUT2D eigenvalue weighted by molar-refractivity contribution is 0.0656. The maximum Gasteiger partial charge on any atom is 0.263 e. The predicted octanol–water partition coefficient (Wildman–Crippen LogP) is 3.33. The van der Waals surface area contributed by atoms with Gasteiger partial charge in [0.2, 0.25) is 0 Å². The Morgan fingerprint density at radius 1 is 0.903 bits per heavy atom. The fourth-order valence-electron chi connectivity index (χ4n) is 3.90. The van der Waals surface area contributed by atoms with Crippen molar-refractivity contribution in [3.63, 3.8) is 0 Å². The summed E-state index contributed by atoms with van der Waals surface area (Å²) in [6.07, 6.45) is 3.72. The second-order valence-electron chi connectivity index (χ2n) is 7.43. The van der Waals surface area contributed by atoms with Gasteiger partial charge in [-0.25, -0.2) is 9.67 Å². The molecule has 0 spiro atoms. The molecule has 0 radical (unpaired) electrons. The molecule has 3 heterocycles. The number of benzene rings is 2. The van der Waals surface area contributed by atoms with Gasteiger partial charge in [0.1, 0.15) is 5.75 Å². The van der Waals surface area contributed by atoms with Crippen molar-refractivity contribution in [1.29, 1.82) is 0 Å². The minimum atomic E-state index is -0.298. The third kappa shape index (κ3) is 3.34. The number of imide groups is 1. The van der Waals surface area contributed by atoms with Gasteiger partial charge in [-0.2, -0.15) is 5.10 Å². The monoisotopic (exact) mass is 412 g/mol. The van der Waals surface area contributed by atoms with E-state index in [0.29, 0.717) is 41.7 Å². The molecule has 0 saturated heterocycles. The van der Waals surface area contributed by atoms with Crippen LogP contribution in [0, 0.1) is 0 Å². The smallest absolute Gasteiger partial charge is 0.263 e. The molecule has 1 aliphatic rings. The first-order valence-corrected chi connectivity index (χ1v) is 10.0. The average molecular weight is 412 g/mol. The maximum absolute atomic E-state index is 13.1. The standard InChI is InChI=1S/C24H20N4O3/c1-31-18-9-7-17(8-10-18)15-28-22-19(14-26-28)21-20(13-25-22)23(29)27(24(21)30)12-11-16-5-3-2-4-6-16/h2-10,13-14H,11-12,15H2,1H3. The number of ether oxygens (including phenoxy) is 1. The maximum atomic E-state index is 13.1. The van der Waals surface area contributed by atoms with E-state index in [-0.39, 0.29) is 11.8 Å². The Labute approximate surface area is 178 Å². The molecule has 0 saturated carbocycles. The molecule has 31 heavy (non-hydrogen) atoms. The first kappa shape index (κ1) is 19.0. The summed E-state index contributed by atoms with van der Waals surface area (Å²) in [6, 6.07) is 17.5. The highest BCUT2D eigenvalue weighted by molar-refractivity contribution is 6.25. The molecule has 0 fully saturated rings. The minimum absolute atomic E-state index is 0.285. The summed E-state index contributed by atoms with van der Waals surface area (Å²) in [5.41, 5.74) is 3.42. The second kappa shape index (κ2) is 7.68. The van der Waals surface area contributed by atoms with Gasteiger partial charge in [0, 0.05) is 12.7 Å². The van der Waals surface area contributed by atoms with Crippen molar-refractivity contribution in [2.24, 2.45) is 0 Å². The summed E-state index contributed by atoms with van der Waals surface area (Å²) in [5.74, 6) is 0.199. The van der Waals surface area contributed by atoms with E-state index >= 15 is 0 Å². The van der Waals surface area contributed by atoms with E-state index in [1.54, 1.807) is 18.0 Å². The van der Waals surface area contributed by atoms with E-state index < -0.39 is 0 Å². The number of methoxy groups -OCH3 is 1. The molecule has 0 N–H and O–H groups in total. The van der Waals surface area contributed by atoms with Gasteiger partial charge in [-0.15, -0.1) is 0 Å². The van der Waals surface area contributed by atoms with Crippen LogP contribution in [0.15, 0.2) is 67.0 Å². The Morgan fingerprint density at radius 2 is 1.68 bits per heavy atom. The van der Waals surface area contributed by atoms with Crippen LogP contribution in [-0.4, -0.2) is 45.1 Å². The van der Waals surface area contributed by atoms with Crippen LogP contribution < -0.4 is 4.74 Å². The molecule has 0 bridgehead atoms. The summed E-state index contributed by atoms with van der Waals surface area (Å²) in [5, 5.41) is 5.03. The molecule has 7 heteroatoms. The third-order valence-corrected chi connectivity index (χ3v) is 5.56. The van der Waals surface area contributed by atoms with Crippen molar-refractivity contribution >= 4 is 22.8 Å². The molecule has 0 unspecified atom stereocenters. The van der Waals surface area contributed by atoms with Crippen molar-refractivity contribution < 1.29 is 14.3 Å². The lowest BCUT2D eigenvalue weighted by atomic mass is 10.1. The number of rotatable bonds is 6. The van der Waals surface area contributed by atoms with Crippen LogP contribution in [0.2, 0.25) is 0 Å². The highest BCUT2D eigenvalue weighted by atomic mass is 16.5. The molecule has 154 valence electrons. The second-order valence-corrected chi connectivity index (χ2v) is 7.43. The number of amides is 2. The number of hydrogen-bond acceptors (Lipinski definition) is 5. The molecule has 0 aliphatic carbocycles. The van der Waals surface area contributed by atoms with Crippen LogP contribution in [-0.2, 0) is 13.0 Å². The highest BCUT2D eigenvalue weighted by Crippen LogP contribution is 2.29. The molecule has 2 aromatic carbocycles. The van der Waals surface area contributed by atoms with Crippen LogP contribution in [0.5, 0.6) is 5.75 Å². The Morgan fingerprint density at radius 3 is 2.42 bits per heavy atom. The molecule has 4 aromatic rings. The van der Waals surface area contributed by atoms with Gasteiger partial charge < -0.3 is 4.74 Å². The van der Waals surface area contributed by atoms with Crippen LogP contribution in [0.3, 0.4) is 0 Å². The summed E-state index contributed by atoms with van der Waals surface area (Å²) in [4.78, 5) is 31.7. The van der Waals surface area contributed by atoms with Gasteiger partial charge >= 0.3 is 0 Å². The predicted molar refractivity (Wildman–Crippen MR) is 115 cm³/mol. The topological polar surface area (TPSA) is 77.3 Å². The van der Waals surface area contributed by atoms with Crippen molar-refractivity contribution in [3.8, 4) is 5.75 Å². The SMILES string of the molecule is COc1ccc(Cn2ncc3c4c(cnc32)C(=O)N(CCc2ccccc2)C4=O)cc1. The van der Waals surface area contributed by atoms with E-state index in [2.05, 4.69) is 10.1 Å². The van der Waals surface area contributed by atoms with Gasteiger partial charge in [0.15, 0.2) is 5.65 Å². The fraction of sp³-hybridized carbons (Fsp3) is 0.167. The Balaban J connectivity index is 1.42. The summed E-state index contributed by atoms with van der Waals surface area (Å²) < 4.78 is 6.93. The largest absolute Gasteiger partial charge is 0.497 e. The van der Waals surface area contributed by atoms with Crippen molar-refractivity contribution in [2.45, 2.75) is 13.0 Å². The van der Waals surface area contributed by atoms with Crippen molar-refractivity contribution in [3.05, 3.63) is 89.2 Å². The van der Waals surface area contributed by atoms with E-state index in [9.17, 15) is 9.59 Å². The zero-order chi connectivity index (χ0) is 21.4. The zero-order valence-electron chi connectivity index (χ0n) is 17.0. The number of fused-ring (bicyclic) bond motifs is 3. The molecule has 2 aromatic heterocycles. The van der Waals surface area contributed by atoms with Crippen molar-refractivity contribution in [2.75, 3.05) is 13.7 Å². The normalized spacial score (nSPS) is 13.1. The fourth-order valence-corrected chi connectivity index (χ4v) is 3.90. The lowest BCUT2D eigenvalue weighted by Gasteiger charge is -2.13. The molecule has 2 amide bonds. The van der Waals surface area contributed by atoms with Crippen LogP contribution in [0.4, 0.5) is 0 Å². The minimum Gasteiger partial charge on any atom is -0.497 e. The molecular weight excluding hydrogens is 392 g/mol. The van der Waals surface area contributed by atoms with Gasteiger partial charge in [-0.05, 0) is 29.7 Å². The van der Waals surface area contributed by atoms with E-state index in [0.717, 1.165) is 16.9 Å². The van der Waals surface area contributed by atoms with E-state index in [1.165, 1.54) is 11.1 Å². The van der Waals surface area contributed by atoms with E-state index in [4.69, 9.17) is 4.74 Å². The average Bonchev–Trinajstić information content (AvgIpc) is 3.32. The molecule has 1 aliphatic heterocycles. The lowest BCUT2D eigenvalue weighted by Crippen LogP contribution is -2.31. The van der Waals surface area contributed by atoms with E-state index in [1.807, 2.05) is 54.6 Å². The molecule has 5 rings (SSSR count). The summed E-state index contributed by atoms with van der Waals surface area (Å²) in [7, 11) is 1.63. The quantitative estimate of drug-likeness (QED) is 0.454. The number of aromatic nitrogens is 3. The summed E-state index contributed by atoms with van der Waals surface area (Å²) in [6.45, 7) is 0.830. The van der Waals surface area contributed by atoms with Gasteiger partial charge in [-0.1, -0.05) is 42.5 Å².